The zero-order valence-electron chi connectivity index (χ0n) is 11.4. The topological polar surface area (TPSA) is 44.8 Å². The molecule has 1 atom stereocenters. The molecule has 5 heteroatoms. The number of rotatable bonds is 5. The van der Waals surface area contributed by atoms with Gasteiger partial charge in [-0.3, -0.25) is 4.79 Å². The third kappa shape index (κ3) is 3.93. The highest BCUT2D eigenvalue weighted by Gasteiger charge is 2.20. The van der Waals surface area contributed by atoms with E-state index in [-0.39, 0.29) is 5.91 Å². The summed E-state index contributed by atoms with van der Waals surface area (Å²) >= 11 is 0. The number of carbonyl (C=O) groups excluding carboxylic acids is 1. The summed E-state index contributed by atoms with van der Waals surface area (Å²) in [5.41, 5.74) is 0. The zero-order valence-corrected chi connectivity index (χ0v) is 11.4. The van der Waals surface area contributed by atoms with Crippen molar-refractivity contribution in [3.05, 3.63) is 0 Å². The first-order valence-electron chi connectivity index (χ1n) is 7.04. The lowest BCUT2D eigenvalue weighted by Gasteiger charge is -2.27. The third-order valence-corrected chi connectivity index (χ3v) is 3.92. The highest BCUT2D eigenvalue weighted by Crippen LogP contribution is 2.08. The molecule has 0 radical (unpaired) electrons. The van der Waals surface area contributed by atoms with Crippen molar-refractivity contribution in [1.82, 2.24) is 15.1 Å². The van der Waals surface area contributed by atoms with Crippen LogP contribution in [0.25, 0.3) is 0 Å². The van der Waals surface area contributed by atoms with Gasteiger partial charge in [-0.2, -0.15) is 0 Å². The molecule has 1 N–H and O–H groups in total. The molecule has 2 aliphatic rings. The molecule has 1 amide bonds. The summed E-state index contributed by atoms with van der Waals surface area (Å²) in [6.45, 7) is 6.15. The van der Waals surface area contributed by atoms with Gasteiger partial charge in [0.05, 0.1) is 13.2 Å². The van der Waals surface area contributed by atoms with Crippen LogP contribution in [0.3, 0.4) is 0 Å². The lowest BCUT2D eigenvalue weighted by Crippen LogP contribution is -2.41. The fourth-order valence-electron chi connectivity index (χ4n) is 2.65. The summed E-state index contributed by atoms with van der Waals surface area (Å²) < 4.78 is 5.25. The molecule has 2 rings (SSSR count). The maximum atomic E-state index is 11.9. The van der Waals surface area contributed by atoms with Crippen LogP contribution in [-0.2, 0) is 9.53 Å². The molecule has 0 aliphatic carbocycles. The lowest BCUT2D eigenvalue weighted by atomic mass is 10.2. The van der Waals surface area contributed by atoms with E-state index in [1.807, 2.05) is 4.90 Å². The monoisotopic (exact) mass is 255 g/mol. The molecule has 2 heterocycles. The Kier molecular flexibility index (Phi) is 5.41. The van der Waals surface area contributed by atoms with Crippen molar-refractivity contribution in [3.8, 4) is 0 Å². The quantitative estimate of drug-likeness (QED) is 0.746. The van der Waals surface area contributed by atoms with E-state index in [1.54, 1.807) is 0 Å². The molecule has 0 aromatic heterocycles. The molecule has 0 saturated carbocycles. The minimum atomic E-state index is 0.288. The van der Waals surface area contributed by atoms with Gasteiger partial charge in [0.15, 0.2) is 0 Å². The maximum absolute atomic E-state index is 11.9. The molecule has 2 saturated heterocycles. The number of nitrogens with zero attached hydrogens (tertiary/aromatic N) is 2. The Labute approximate surface area is 109 Å². The van der Waals surface area contributed by atoms with E-state index in [0.717, 1.165) is 39.1 Å². The minimum Gasteiger partial charge on any atom is -0.378 e. The predicted octanol–water partition coefficient (Wildman–Crippen LogP) is -0.0809. The van der Waals surface area contributed by atoms with Crippen LogP contribution in [0, 0.1) is 0 Å². The standard InChI is InChI=1S/C13H25N3O2/c1-15(12-4-5-14-11-12)6-2-3-13(17)16-7-9-18-10-8-16/h12,14H,2-11H2,1H3. The van der Waals surface area contributed by atoms with Crippen molar-refractivity contribution < 1.29 is 9.53 Å². The Morgan fingerprint density at radius 1 is 1.44 bits per heavy atom. The molecular weight excluding hydrogens is 230 g/mol. The number of hydrogen-bond acceptors (Lipinski definition) is 4. The van der Waals surface area contributed by atoms with Crippen molar-refractivity contribution in [2.75, 3.05) is 53.0 Å². The molecule has 2 aliphatic heterocycles. The largest absolute Gasteiger partial charge is 0.378 e. The highest BCUT2D eigenvalue weighted by molar-refractivity contribution is 5.76. The van der Waals surface area contributed by atoms with Gasteiger partial charge in [-0.05, 0) is 33.0 Å². The first kappa shape index (κ1) is 13.8. The van der Waals surface area contributed by atoms with Gasteiger partial charge in [-0.25, -0.2) is 0 Å². The van der Waals surface area contributed by atoms with E-state index in [4.69, 9.17) is 4.74 Å². The second-order valence-electron chi connectivity index (χ2n) is 5.22. The molecule has 0 spiro atoms. The molecule has 2 fully saturated rings. The number of carbonyl (C=O) groups is 1. The predicted molar refractivity (Wildman–Crippen MR) is 70.5 cm³/mol. The van der Waals surface area contributed by atoms with Crippen molar-refractivity contribution in [3.63, 3.8) is 0 Å². The van der Waals surface area contributed by atoms with Crippen LogP contribution in [0.5, 0.6) is 0 Å². The van der Waals surface area contributed by atoms with E-state index >= 15 is 0 Å². The van der Waals surface area contributed by atoms with Crippen molar-refractivity contribution in [2.45, 2.75) is 25.3 Å². The number of hydrogen-bond donors (Lipinski definition) is 1. The summed E-state index contributed by atoms with van der Waals surface area (Å²) in [7, 11) is 2.16. The van der Waals surface area contributed by atoms with Gasteiger partial charge in [0, 0.05) is 32.1 Å². The van der Waals surface area contributed by atoms with E-state index < -0.39 is 0 Å². The summed E-state index contributed by atoms with van der Waals surface area (Å²) in [6, 6.07) is 0.656. The second-order valence-corrected chi connectivity index (χ2v) is 5.22. The smallest absolute Gasteiger partial charge is 0.222 e. The summed E-state index contributed by atoms with van der Waals surface area (Å²) in [5, 5.41) is 3.37. The SMILES string of the molecule is CN(CCCC(=O)N1CCOCC1)C1CCNC1. The number of ether oxygens (including phenoxy) is 1. The number of morpholine rings is 1. The Bertz CT molecular complexity index is 261. The van der Waals surface area contributed by atoms with Crippen LogP contribution in [-0.4, -0.2) is 74.7 Å². The molecular formula is C13H25N3O2. The van der Waals surface area contributed by atoms with E-state index in [2.05, 4.69) is 17.3 Å². The molecule has 0 aromatic rings. The average Bonchev–Trinajstić information content (AvgIpc) is 2.93. The Morgan fingerprint density at radius 2 is 2.22 bits per heavy atom. The number of likely N-dealkylation sites (N-methyl/N-ethyl adjacent to an activating group) is 1. The first-order chi connectivity index (χ1) is 8.77. The van der Waals surface area contributed by atoms with Crippen LogP contribution >= 0.6 is 0 Å². The maximum Gasteiger partial charge on any atom is 0.222 e. The summed E-state index contributed by atoms with van der Waals surface area (Å²) in [5.74, 6) is 0.288. The Balaban J connectivity index is 1.60. The van der Waals surface area contributed by atoms with Crippen LogP contribution in [0.4, 0.5) is 0 Å². The van der Waals surface area contributed by atoms with E-state index in [1.165, 1.54) is 6.42 Å². The van der Waals surface area contributed by atoms with Gasteiger partial charge in [-0.1, -0.05) is 0 Å². The third-order valence-electron chi connectivity index (χ3n) is 3.92. The van der Waals surface area contributed by atoms with Gasteiger partial charge in [0.1, 0.15) is 0 Å². The second kappa shape index (κ2) is 7.07. The Hall–Kier alpha value is -0.650. The highest BCUT2D eigenvalue weighted by atomic mass is 16.5. The van der Waals surface area contributed by atoms with Gasteiger partial charge < -0.3 is 19.9 Å². The first-order valence-corrected chi connectivity index (χ1v) is 7.04. The molecule has 1 unspecified atom stereocenters. The van der Waals surface area contributed by atoms with E-state index in [0.29, 0.717) is 25.7 Å². The van der Waals surface area contributed by atoms with Crippen molar-refractivity contribution >= 4 is 5.91 Å². The van der Waals surface area contributed by atoms with Crippen LogP contribution in [0.15, 0.2) is 0 Å². The average molecular weight is 255 g/mol. The molecule has 104 valence electrons. The van der Waals surface area contributed by atoms with Crippen LogP contribution < -0.4 is 5.32 Å². The molecule has 0 bridgehead atoms. The van der Waals surface area contributed by atoms with Crippen molar-refractivity contribution in [2.24, 2.45) is 0 Å². The molecule has 5 nitrogen and oxygen atoms in total. The molecule has 18 heavy (non-hydrogen) atoms. The fourth-order valence-corrected chi connectivity index (χ4v) is 2.65. The fraction of sp³-hybridized carbons (Fsp3) is 0.923. The van der Waals surface area contributed by atoms with Crippen LogP contribution in [0.2, 0.25) is 0 Å². The van der Waals surface area contributed by atoms with E-state index in [9.17, 15) is 4.79 Å². The van der Waals surface area contributed by atoms with Crippen molar-refractivity contribution in [1.29, 1.82) is 0 Å². The van der Waals surface area contributed by atoms with Crippen LogP contribution in [0.1, 0.15) is 19.3 Å². The van der Waals surface area contributed by atoms with Gasteiger partial charge in [0.2, 0.25) is 5.91 Å². The Morgan fingerprint density at radius 3 is 2.89 bits per heavy atom. The number of nitrogens with one attached hydrogen (secondary N) is 1. The van der Waals surface area contributed by atoms with Gasteiger partial charge in [-0.15, -0.1) is 0 Å². The lowest BCUT2D eigenvalue weighted by molar-refractivity contribution is -0.135. The molecule has 0 aromatic carbocycles. The summed E-state index contributed by atoms with van der Waals surface area (Å²) in [4.78, 5) is 16.3. The minimum absolute atomic E-state index is 0.288. The van der Waals surface area contributed by atoms with Gasteiger partial charge >= 0.3 is 0 Å². The normalized spacial score (nSPS) is 24.8. The number of amides is 1. The summed E-state index contributed by atoms with van der Waals surface area (Å²) in [6.07, 6.45) is 2.86. The zero-order chi connectivity index (χ0) is 12.8. The van der Waals surface area contributed by atoms with Gasteiger partial charge in [0.25, 0.3) is 0 Å².